The molecule has 0 aromatic heterocycles. The highest BCUT2D eigenvalue weighted by molar-refractivity contribution is 6.30. The molecule has 4 aromatic carbocycles. The van der Waals surface area contributed by atoms with Gasteiger partial charge in [0.25, 0.3) is 0 Å². The Morgan fingerprint density at radius 3 is 1.99 bits per heavy atom. The Balaban J connectivity index is 0.000000169. The topological polar surface area (TPSA) is 154 Å². The molecule has 4 aliphatic rings. The number of fused-ring (bicyclic) bond motifs is 6. The number of carbonyl (C=O) groups excluding carboxylic acids is 4. The van der Waals surface area contributed by atoms with Gasteiger partial charge in [0, 0.05) is 28.0 Å². The zero-order chi connectivity index (χ0) is 49.2. The van der Waals surface area contributed by atoms with E-state index in [0.29, 0.717) is 52.5 Å². The van der Waals surface area contributed by atoms with Crippen LogP contribution in [-0.2, 0) is 23.9 Å². The second kappa shape index (κ2) is 19.9. The molecule has 2 fully saturated rings. The molecule has 2 saturated carbocycles. The summed E-state index contributed by atoms with van der Waals surface area (Å²) in [5.74, 6) is 0.907. The molecule has 0 radical (unpaired) electrons. The zero-order valence-corrected chi connectivity index (χ0v) is 41.2. The number of ketones is 3. The fourth-order valence-corrected chi connectivity index (χ4v) is 11.1. The molecule has 10 nitrogen and oxygen atoms in total. The van der Waals surface area contributed by atoms with E-state index in [9.17, 15) is 29.1 Å². The molecular weight excluding hydrogens is 868 g/mol. The molecule has 4 aromatic rings. The van der Waals surface area contributed by atoms with Gasteiger partial charge in [-0.15, -0.1) is 0 Å². The maximum atomic E-state index is 12.4. The summed E-state index contributed by atoms with van der Waals surface area (Å²) in [7, 11) is 1.63. The summed E-state index contributed by atoms with van der Waals surface area (Å²) < 4.78 is 16.0. The molecule has 8 rings (SSSR count). The van der Waals surface area contributed by atoms with E-state index in [-0.39, 0.29) is 34.3 Å². The summed E-state index contributed by atoms with van der Waals surface area (Å²) >= 11 is 5.84. The molecule has 67 heavy (non-hydrogen) atoms. The van der Waals surface area contributed by atoms with E-state index in [1.54, 1.807) is 97.2 Å². The first-order valence-corrected chi connectivity index (χ1v) is 23.6. The van der Waals surface area contributed by atoms with Gasteiger partial charge >= 0.3 is 11.9 Å². The quantitative estimate of drug-likeness (QED) is 0.116. The minimum absolute atomic E-state index is 0.0651. The maximum absolute atomic E-state index is 12.4. The van der Waals surface area contributed by atoms with Gasteiger partial charge in [0.15, 0.2) is 23.0 Å². The van der Waals surface area contributed by atoms with Gasteiger partial charge in [-0.3, -0.25) is 19.2 Å². The molecule has 356 valence electrons. The van der Waals surface area contributed by atoms with Crippen LogP contribution in [0.5, 0.6) is 11.5 Å². The van der Waals surface area contributed by atoms with Crippen LogP contribution >= 0.6 is 11.6 Å². The summed E-state index contributed by atoms with van der Waals surface area (Å²) in [6, 6.07) is 24.8. The summed E-state index contributed by atoms with van der Waals surface area (Å²) in [4.78, 5) is 59.6. The second-order valence-electron chi connectivity index (χ2n) is 20.0. The molecule has 0 heterocycles. The predicted molar refractivity (Wildman–Crippen MR) is 261 cm³/mol. The van der Waals surface area contributed by atoms with Gasteiger partial charge in [0.2, 0.25) is 0 Å². The van der Waals surface area contributed by atoms with Gasteiger partial charge in [-0.1, -0.05) is 61.4 Å². The summed E-state index contributed by atoms with van der Waals surface area (Å²) in [6.45, 7) is 16.7. The molecular formula is C56H65ClO10. The number of carboxylic acid groups (broad SMARTS) is 1. The number of Topliss-reactive ketones (excluding diaryl/α,β-unsaturated/α-hetero) is 1. The summed E-state index contributed by atoms with van der Waals surface area (Å²) in [5.41, 5.74) is 1.84. The Morgan fingerprint density at radius 2 is 1.39 bits per heavy atom. The SMILES string of the molecule is CC(=O)[C@@]1(O)CC[C@H]2[C@@H]3C=C(C)C4=CC(=O)CC[C@]4(C)[C@H]3CC[C@@]21C.CC(C)OC(=O)C(C)(C)Oc1ccc(C(=O)c2ccc(Cl)cc2)cc1.COc1ccc2cc(C(C)C(=O)O)ccc2c1. The highest BCUT2D eigenvalue weighted by atomic mass is 35.5. The van der Waals surface area contributed by atoms with Gasteiger partial charge in [0.05, 0.1) is 19.1 Å². The lowest BCUT2D eigenvalue weighted by Crippen LogP contribution is -2.56. The molecule has 7 atom stereocenters. The number of esters is 1. The van der Waals surface area contributed by atoms with Crippen molar-refractivity contribution >= 4 is 51.7 Å². The highest BCUT2D eigenvalue weighted by Gasteiger charge is 2.65. The number of hydrogen-bond acceptors (Lipinski definition) is 9. The van der Waals surface area contributed by atoms with Crippen LogP contribution in [0.3, 0.4) is 0 Å². The molecule has 0 aliphatic heterocycles. The van der Waals surface area contributed by atoms with Crippen molar-refractivity contribution in [3.05, 3.63) is 130 Å². The number of hydrogen-bond donors (Lipinski definition) is 2. The van der Waals surface area contributed by atoms with Crippen LogP contribution in [0.25, 0.3) is 10.8 Å². The largest absolute Gasteiger partial charge is 0.497 e. The number of aliphatic carboxylic acids is 1. The molecule has 0 spiro atoms. The third-order valence-corrected chi connectivity index (χ3v) is 15.2. The van der Waals surface area contributed by atoms with Crippen molar-refractivity contribution in [3.63, 3.8) is 0 Å². The van der Waals surface area contributed by atoms with Crippen molar-refractivity contribution in [1.82, 2.24) is 0 Å². The van der Waals surface area contributed by atoms with Gasteiger partial charge in [0.1, 0.15) is 17.1 Å². The number of benzene rings is 4. The Kier molecular flexibility index (Phi) is 15.1. The van der Waals surface area contributed by atoms with E-state index in [0.717, 1.165) is 47.8 Å². The van der Waals surface area contributed by atoms with Crippen LogP contribution in [-0.4, -0.2) is 63.9 Å². The first kappa shape index (κ1) is 50.8. The van der Waals surface area contributed by atoms with Crippen molar-refractivity contribution in [2.45, 2.75) is 124 Å². The predicted octanol–water partition coefficient (Wildman–Crippen LogP) is 11.7. The average molecular weight is 934 g/mol. The lowest BCUT2D eigenvalue weighted by atomic mass is 9.47. The van der Waals surface area contributed by atoms with Gasteiger partial charge in [-0.2, -0.15) is 0 Å². The minimum atomic E-state index is -1.16. The van der Waals surface area contributed by atoms with E-state index < -0.39 is 29.1 Å². The summed E-state index contributed by atoms with van der Waals surface area (Å²) in [6.07, 6.45) is 9.07. The van der Waals surface area contributed by atoms with E-state index in [2.05, 4.69) is 26.8 Å². The number of rotatable bonds is 10. The van der Waals surface area contributed by atoms with Crippen LogP contribution in [0.2, 0.25) is 5.02 Å². The van der Waals surface area contributed by atoms with Crippen molar-refractivity contribution in [2.75, 3.05) is 7.11 Å². The van der Waals surface area contributed by atoms with E-state index in [4.69, 9.17) is 30.9 Å². The second-order valence-corrected chi connectivity index (χ2v) is 20.4. The Labute approximate surface area is 399 Å². The number of allylic oxidation sites excluding steroid dienone is 4. The van der Waals surface area contributed by atoms with Crippen LogP contribution < -0.4 is 9.47 Å². The van der Waals surface area contributed by atoms with Gasteiger partial charge in [-0.05, 0) is 192 Å². The summed E-state index contributed by atoms with van der Waals surface area (Å²) in [5, 5.41) is 22.8. The number of carbonyl (C=O) groups is 5. The molecule has 0 saturated heterocycles. The number of halogens is 1. The van der Waals surface area contributed by atoms with Crippen molar-refractivity contribution in [1.29, 1.82) is 0 Å². The molecule has 0 amide bonds. The molecule has 2 N–H and O–H groups in total. The molecule has 11 heteroatoms. The normalized spacial score (nSPS) is 25.6. The lowest BCUT2D eigenvalue weighted by molar-refractivity contribution is -0.163. The van der Waals surface area contributed by atoms with E-state index in [1.165, 1.54) is 11.1 Å². The smallest absolute Gasteiger partial charge is 0.350 e. The van der Waals surface area contributed by atoms with E-state index >= 15 is 0 Å². The molecule has 1 unspecified atom stereocenters. The van der Waals surface area contributed by atoms with Crippen molar-refractivity contribution in [3.8, 4) is 11.5 Å². The van der Waals surface area contributed by atoms with Gasteiger partial charge in [-0.25, -0.2) is 4.79 Å². The number of methoxy groups -OCH3 is 1. The first-order valence-electron chi connectivity index (χ1n) is 23.2. The Bertz CT molecular complexity index is 2590. The molecule has 4 aliphatic carbocycles. The lowest BCUT2D eigenvalue weighted by Gasteiger charge is -2.57. The highest BCUT2D eigenvalue weighted by Crippen LogP contribution is 2.67. The van der Waals surface area contributed by atoms with Crippen molar-refractivity contribution in [2.24, 2.45) is 28.6 Å². The Hall–Kier alpha value is -5.58. The molecule has 0 bridgehead atoms. The van der Waals surface area contributed by atoms with Crippen LogP contribution in [0.1, 0.15) is 128 Å². The van der Waals surface area contributed by atoms with Gasteiger partial charge < -0.3 is 24.4 Å². The minimum Gasteiger partial charge on any atom is -0.497 e. The first-order chi connectivity index (χ1) is 31.4. The third-order valence-electron chi connectivity index (χ3n) is 14.9. The van der Waals surface area contributed by atoms with E-state index in [1.807, 2.05) is 42.5 Å². The van der Waals surface area contributed by atoms with Crippen LogP contribution in [0.4, 0.5) is 0 Å². The number of ether oxygens (including phenoxy) is 3. The Morgan fingerprint density at radius 1 is 0.806 bits per heavy atom. The fraction of sp³-hybridized carbons (Fsp3) is 0.446. The maximum Gasteiger partial charge on any atom is 0.350 e. The number of aliphatic hydroxyl groups is 1. The standard InChI is InChI=1S/C22H30O3.C20H21ClO4.C14H14O3/c1-13-11-16-17(20(3)8-5-15(24)12-19(13)20)6-9-21(4)18(16)7-10-22(21,25)14(2)23;1-13(2)24-19(23)20(3,4)25-17-11-7-15(8-12-17)18(22)14-5-9-16(21)10-6-14;1-9(14(15)16)10-3-4-12-8-13(17-2)6-5-11(12)7-10/h11-12,16-18,25H,5-10H2,1-4H3;5-13H,1-4H3;3-9H,1-2H3,(H,15,16)/t16-,17+,18+,20-,21+,22+;;/m1../s1. The average Bonchev–Trinajstić information content (AvgIpc) is 3.57. The van der Waals surface area contributed by atoms with Crippen LogP contribution in [0, 0.1) is 28.6 Å². The van der Waals surface area contributed by atoms with Crippen LogP contribution in [0.15, 0.2) is 108 Å². The fourth-order valence-electron chi connectivity index (χ4n) is 10.9. The number of carboxylic acids is 1. The zero-order valence-electron chi connectivity index (χ0n) is 40.4. The van der Waals surface area contributed by atoms with Crippen molar-refractivity contribution < 1.29 is 48.4 Å². The third kappa shape index (κ3) is 10.5. The monoisotopic (exact) mass is 932 g/mol.